The molecule has 0 bridgehead atoms. The van der Waals surface area contributed by atoms with E-state index in [1.165, 1.54) is 0 Å². The summed E-state index contributed by atoms with van der Waals surface area (Å²) in [5.74, 6) is -0.320. The third kappa shape index (κ3) is 4.49. The van der Waals surface area contributed by atoms with Crippen molar-refractivity contribution < 1.29 is 49.1 Å². The van der Waals surface area contributed by atoms with Crippen LogP contribution in [0.3, 0.4) is 0 Å². The highest BCUT2D eigenvalue weighted by Crippen LogP contribution is 2.34. The van der Waals surface area contributed by atoms with Crippen LogP contribution in [0, 0.1) is 0 Å². The standard InChI is InChI=1S/C21H25ClO6/c1-2-27-15-6-3-12(4-7-15)9-14-10-13(5-8-16(14)22)21-20(26)19(25)18(24)17(11-23)28-21/h3-8,10,17-21,23-26H,2,9,11H2,1H3/t17-,18-,19+,20-,21+/m1/s1/i1D3,2D2,5D,8D,9D2,10D,17D,18D,19D,20D. The molecule has 0 spiro atoms. The minimum absolute atomic E-state index is 0.320. The lowest BCUT2D eigenvalue weighted by Gasteiger charge is -2.40. The average Bonchev–Trinajstić information content (AvgIpc) is 2.85. The van der Waals surface area contributed by atoms with Gasteiger partial charge in [0.25, 0.3) is 0 Å². The summed E-state index contributed by atoms with van der Waals surface area (Å²) in [5.41, 5.74) is -2.22. The van der Waals surface area contributed by atoms with E-state index in [9.17, 15) is 20.4 Å². The Morgan fingerprint density at radius 2 is 1.96 bits per heavy atom. The second-order valence-corrected chi connectivity index (χ2v) is 5.87. The minimum Gasteiger partial charge on any atom is -0.494 e. The van der Waals surface area contributed by atoms with Crippen molar-refractivity contribution in [3.8, 4) is 5.75 Å². The molecule has 0 saturated carbocycles. The van der Waals surface area contributed by atoms with Crippen molar-refractivity contribution in [3.05, 3.63) is 64.1 Å². The van der Waals surface area contributed by atoms with Crippen molar-refractivity contribution in [2.24, 2.45) is 0 Å². The van der Waals surface area contributed by atoms with E-state index in [1.54, 1.807) is 0 Å². The molecule has 0 amide bonds. The molecule has 2 aromatic carbocycles. The Bertz CT molecular complexity index is 1360. The van der Waals surface area contributed by atoms with Crippen LogP contribution in [0.5, 0.6) is 5.75 Å². The summed E-state index contributed by atoms with van der Waals surface area (Å²) in [4.78, 5) is 0. The zero-order valence-electron chi connectivity index (χ0n) is 28.1. The Hall–Kier alpha value is -1.67. The van der Waals surface area contributed by atoms with Gasteiger partial charge in [-0.25, -0.2) is 0 Å². The topological polar surface area (TPSA) is 99.4 Å². The van der Waals surface area contributed by atoms with Gasteiger partial charge < -0.3 is 29.9 Å². The summed E-state index contributed by atoms with van der Waals surface area (Å²) in [6, 6.07) is 0.891. The maximum absolute atomic E-state index is 10.8. The molecule has 0 radical (unpaired) electrons. The number of hydrogen-bond donors (Lipinski definition) is 4. The van der Waals surface area contributed by atoms with E-state index in [4.69, 9.17) is 40.3 Å². The van der Waals surface area contributed by atoms with Crippen molar-refractivity contribution in [3.63, 3.8) is 0 Å². The van der Waals surface area contributed by atoms with E-state index in [-0.39, 0.29) is 11.3 Å². The fraction of sp³-hybridized carbons (Fsp3) is 0.429. The van der Waals surface area contributed by atoms with E-state index in [0.717, 1.165) is 24.3 Å². The molecule has 1 aliphatic heterocycles. The maximum Gasteiger partial charge on any atom is 0.119 e. The number of benzene rings is 2. The largest absolute Gasteiger partial charge is 0.494 e. The van der Waals surface area contributed by atoms with Crippen LogP contribution in [0.25, 0.3) is 0 Å². The average molecular weight is 423 g/mol. The zero-order chi connectivity index (χ0) is 32.6. The molecule has 1 saturated heterocycles. The molecule has 0 aliphatic carbocycles. The normalized spacial score (nSPS) is 46.8. The molecule has 152 valence electrons. The van der Waals surface area contributed by atoms with E-state index in [2.05, 4.69) is 0 Å². The van der Waals surface area contributed by atoms with Gasteiger partial charge in [0.1, 0.15) is 36.2 Å². The highest BCUT2D eigenvalue weighted by atomic mass is 35.5. The summed E-state index contributed by atoms with van der Waals surface area (Å²) < 4.78 is 121. The molecule has 7 heteroatoms. The lowest BCUT2D eigenvalue weighted by molar-refractivity contribution is -0.231. The highest BCUT2D eigenvalue weighted by Gasteiger charge is 2.43. The van der Waals surface area contributed by atoms with Gasteiger partial charge >= 0.3 is 0 Å². The van der Waals surface area contributed by atoms with Gasteiger partial charge in [0, 0.05) is 11.9 Å². The van der Waals surface area contributed by atoms with Crippen LogP contribution in [-0.4, -0.2) is 57.9 Å². The number of halogens is 1. The van der Waals surface area contributed by atoms with Gasteiger partial charge in [-0.15, -0.1) is 0 Å². The molecule has 28 heavy (non-hydrogen) atoms. The number of hydrogen-bond acceptors (Lipinski definition) is 6. The fourth-order valence-corrected chi connectivity index (χ4v) is 2.51. The second-order valence-electron chi connectivity index (χ2n) is 5.49. The predicted octanol–water partition coefficient (Wildman–Crippen LogP) is 1.84. The van der Waals surface area contributed by atoms with Crippen LogP contribution in [-0.2, 0) is 11.1 Å². The van der Waals surface area contributed by atoms with Gasteiger partial charge in [-0.1, -0.05) is 35.8 Å². The molecule has 5 atom stereocenters. The van der Waals surface area contributed by atoms with E-state index < -0.39 is 91.1 Å². The second kappa shape index (κ2) is 9.22. The van der Waals surface area contributed by atoms with Gasteiger partial charge in [0.2, 0.25) is 0 Å². The van der Waals surface area contributed by atoms with Crippen molar-refractivity contribution >= 4 is 11.6 Å². The maximum atomic E-state index is 10.8. The molecular weight excluding hydrogens is 384 g/mol. The first-order valence-corrected chi connectivity index (χ1v) is 8.15. The van der Waals surface area contributed by atoms with E-state index >= 15 is 0 Å². The molecular formula is C21H25ClO6. The molecule has 1 heterocycles. The Balaban J connectivity index is 2.22. The molecule has 3 rings (SSSR count). The Morgan fingerprint density at radius 3 is 2.64 bits per heavy atom. The Morgan fingerprint density at radius 1 is 1.21 bits per heavy atom. The van der Waals surface area contributed by atoms with Crippen molar-refractivity contribution in [1.29, 1.82) is 0 Å². The summed E-state index contributed by atoms with van der Waals surface area (Å²) >= 11 is 6.19. The molecule has 1 aliphatic rings. The first kappa shape index (κ1) is 9.43. The minimum atomic E-state index is -4.04. The Kier molecular flexibility index (Phi) is 3.10. The lowest BCUT2D eigenvalue weighted by Crippen LogP contribution is -2.55. The van der Waals surface area contributed by atoms with Gasteiger partial charge in [-0.2, -0.15) is 0 Å². The lowest BCUT2D eigenvalue weighted by atomic mass is 9.90. The monoisotopic (exact) mass is 422 g/mol. The van der Waals surface area contributed by atoms with Crippen LogP contribution in [0.4, 0.5) is 0 Å². The van der Waals surface area contributed by atoms with Crippen LogP contribution < -0.4 is 4.74 Å². The first-order valence-electron chi connectivity index (χ1n) is 14.8. The fourth-order valence-electron chi connectivity index (χ4n) is 2.37. The smallest absolute Gasteiger partial charge is 0.119 e. The third-order valence-corrected chi connectivity index (χ3v) is 4.01. The molecule has 1 fully saturated rings. The predicted molar refractivity (Wildman–Crippen MR) is 105 cm³/mol. The van der Waals surface area contributed by atoms with E-state index in [0.29, 0.717) is 0 Å². The van der Waals surface area contributed by atoms with Crippen LogP contribution >= 0.6 is 11.6 Å². The van der Waals surface area contributed by atoms with Gasteiger partial charge in [0.15, 0.2) is 0 Å². The van der Waals surface area contributed by atoms with Crippen molar-refractivity contribution in [1.82, 2.24) is 0 Å². The molecule has 0 unspecified atom stereocenters. The zero-order valence-corrected chi connectivity index (χ0v) is 14.8. The molecule has 6 nitrogen and oxygen atoms in total. The van der Waals surface area contributed by atoms with E-state index in [1.807, 2.05) is 0 Å². The number of ether oxygens (including phenoxy) is 2. The highest BCUT2D eigenvalue weighted by molar-refractivity contribution is 6.31. The number of aliphatic hydroxyl groups excluding tert-OH is 1. The van der Waals surface area contributed by atoms with Crippen molar-refractivity contribution in [2.75, 3.05) is 13.2 Å². The molecule has 0 aromatic heterocycles. The first-order chi connectivity index (χ1) is 18.7. The van der Waals surface area contributed by atoms with Gasteiger partial charge in [-0.3, -0.25) is 0 Å². The summed E-state index contributed by atoms with van der Waals surface area (Å²) in [6.07, 6.45) is -20.6. The van der Waals surface area contributed by atoms with Crippen LogP contribution in [0.1, 0.15) is 48.8 Å². The van der Waals surface area contributed by atoms with Crippen LogP contribution in [0.2, 0.25) is 5.02 Å². The summed E-state index contributed by atoms with van der Waals surface area (Å²) in [7, 11) is 0. The van der Waals surface area contributed by atoms with Gasteiger partial charge in [-0.05, 0) is 48.1 Å². The van der Waals surface area contributed by atoms with Crippen LogP contribution in [0.15, 0.2) is 42.4 Å². The third-order valence-electron chi connectivity index (χ3n) is 3.72. The molecule has 4 N–H and O–H groups in total. The van der Waals surface area contributed by atoms with Crippen molar-refractivity contribution in [2.45, 2.75) is 43.6 Å². The summed E-state index contributed by atoms with van der Waals surface area (Å²) in [5, 5.41) is 40.5. The molecule has 2 aromatic rings. The van der Waals surface area contributed by atoms with Gasteiger partial charge in [0.05, 0.1) is 25.5 Å². The quantitative estimate of drug-likeness (QED) is 0.567. The number of aliphatic hydroxyl groups is 4. The summed E-state index contributed by atoms with van der Waals surface area (Å²) in [6.45, 7) is -7.87. The number of rotatable bonds is 6. The SMILES string of the molecule is [2H]c1c([2H])c([C@@H]2O[C@]([2H])(CO)[C@@]([2H])(O)[C@]([2H])(O)[C@@]2([2H])O)c([2H])c(C([2H])([2H])c2ccc(OC([2H])([2H])C([2H])([2H])[2H])cc2)c1Cl. The Labute approximate surface area is 188 Å².